The molecule has 0 unspecified atom stereocenters. The maximum absolute atomic E-state index is 9.50. The standard InChI is InChI=1S/C2H2Cl2O2.CH2O3/c3-1-6-2(4)5;2-1(3)4/h1H2;(H2,2,3,4). The summed E-state index contributed by atoms with van der Waals surface area (Å²) in [6.45, 7) is 0. The first-order valence-corrected chi connectivity index (χ1v) is 2.72. The number of hydrogen-bond donors (Lipinski definition) is 2. The summed E-state index contributed by atoms with van der Waals surface area (Å²) in [5.41, 5.74) is -0.870. The van der Waals surface area contributed by atoms with Crippen LogP contribution in [0.25, 0.3) is 0 Å². The molecule has 0 aromatic carbocycles. The molecule has 0 aliphatic heterocycles. The lowest BCUT2D eigenvalue weighted by Gasteiger charge is -1.84. The van der Waals surface area contributed by atoms with Gasteiger partial charge in [-0.15, -0.1) is 0 Å². The normalized spacial score (nSPS) is 7.00. The summed E-state index contributed by atoms with van der Waals surface area (Å²) < 4.78 is 3.93. The van der Waals surface area contributed by atoms with Crippen molar-refractivity contribution in [3.63, 3.8) is 0 Å². The van der Waals surface area contributed by atoms with Crippen LogP contribution in [0.4, 0.5) is 9.59 Å². The highest BCUT2D eigenvalue weighted by Crippen LogP contribution is 1.86. The molecule has 0 saturated heterocycles. The molecule has 0 aromatic rings. The third-order valence-corrected chi connectivity index (χ3v) is 0.386. The highest BCUT2D eigenvalue weighted by atomic mass is 35.5. The predicted molar refractivity (Wildman–Crippen MR) is 33.7 cm³/mol. The molecule has 0 saturated carbocycles. The largest absolute Gasteiger partial charge is 0.503 e. The number of halogens is 2. The third-order valence-electron chi connectivity index (χ3n) is 0.168. The van der Waals surface area contributed by atoms with Crippen molar-refractivity contribution in [3.8, 4) is 0 Å². The Morgan fingerprint density at radius 3 is 1.70 bits per heavy atom. The van der Waals surface area contributed by atoms with Crippen LogP contribution in [0, 0.1) is 0 Å². The van der Waals surface area contributed by atoms with Crippen LogP contribution in [-0.2, 0) is 4.74 Å². The Kier molecular flexibility index (Phi) is 10.0. The van der Waals surface area contributed by atoms with E-state index in [0.29, 0.717) is 0 Å². The fourth-order valence-electron chi connectivity index (χ4n) is 0.0429. The molecule has 0 aliphatic carbocycles. The van der Waals surface area contributed by atoms with E-state index in [4.69, 9.17) is 26.6 Å². The van der Waals surface area contributed by atoms with Crippen LogP contribution >= 0.6 is 23.2 Å². The number of ether oxygens (including phenoxy) is 1. The highest BCUT2D eigenvalue weighted by Gasteiger charge is 1.87. The van der Waals surface area contributed by atoms with Crippen LogP contribution in [0.2, 0.25) is 0 Å². The number of alkyl halides is 1. The second kappa shape index (κ2) is 8.32. The van der Waals surface area contributed by atoms with Crippen molar-refractivity contribution < 1.29 is 24.5 Å². The van der Waals surface area contributed by atoms with Gasteiger partial charge in [0.2, 0.25) is 0 Å². The molecule has 2 N–H and O–H groups in total. The highest BCUT2D eigenvalue weighted by molar-refractivity contribution is 6.61. The molecule has 0 radical (unpaired) electrons. The van der Waals surface area contributed by atoms with Crippen molar-refractivity contribution in [3.05, 3.63) is 0 Å². The van der Waals surface area contributed by atoms with E-state index in [0.717, 1.165) is 0 Å². The number of rotatable bonds is 1. The first-order chi connectivity index (χ1) is 4.50. The molecule has 0 aromatic heterocycles. The minimum Gasteiger partial charge on any atom is -0.450 e. The van der Waals surface area contributed by atoms with E-state index in [2.05, 4.69) is 16.3 Å². The Balaban J connectivity index is 0. The van der Waals surface area contributed by atoms with Crippen LogP contribution < -0.4 is 0 Å². The third kappa shape index (κ3) is 54.3. The summed E-state index contributed by atoms with van der Waals surface area (Å²) in [7, 11) is 0. The Hall–Kier alpha value is -0.680. The fourth-order valence-corrected chi connectivity index (χ4v) is 0.252. The molecular weight excluding hydrogens is 187 g/mol. The minimum atomic E-state index is -1.83. The van der Waals surface area contributed by atoms with Gasteiger partial charge in [-0.3, -0.25) is 0 Å². The molecule has 0 atom stereocenters. The Labute approximate surface area is 66.1 Å². The maximum atomic E-state index is 9.50. The fraction of sp³-hybridized carbons (Fsp3) is 0.333. The molecule has 0 rings (SSSR count). The molecule has 7 heteroatoms. The zero-order chi connectivity index (χ0) is 8.57. The Morgan fingerprint density at radius 1 is 1.40 bits per heavy atom. The summed E-state index contributed by atoms with van der Waals surface area (Å²) in [5.74, 6) is 0. The van der Waals surface area contributed by atoms with Crippen LogP contribution in [0.3, 0.4) is 0 Å². The monoisotopic (exact) mass is 190 g/mol. The maximum Gasteiger partial charge on any atom is 0.503 e. The molecule has 0 bridgehead atoms. The SMILES string of the molecule is O=C(Cl)OCCl.O=C(O)O. The average molecular weight is 191 g/mol. The van der Waals surface area contributed by atoms with Gasteiger partial charge < -0.3 is 14.9 Å². The van der Waals surface area contributed by atoms with Gasteiger partial charge in [0.05, 0.1) is 0 Å². The number of carboxylic acid groups (broad SMARTS) is 2. The van der Waals surface area contributed by atoms with Crippen molar-refractivity contribution in [2.75, 3.05) is 6.07 Å². The zero-order valence-corrected chi connectivity index (χ0v) is 6.09. The molecule has 0 spiro atoms. The van der Waals surface area contributed by atoms with Gasteiger partial charge in [0.1, 0.15) is 0 Å². The molecule has 5 nitrogen and oxygen atoms in total. The second-order valence-corrected chi connectivity index (χ2v) is 1.30. The van der Waals surface area contributed by atoms with Crippen LogP contribution in [0.5, 0.6) is 0 Å². The molecule has 0 amide bonds. The lowest BCUT2D eigenvalue weighted by molar-refractivity contribution is 0.137. The van der Waals surface area contributed by atoms with Gasteiger partial charge in [0.15, 0.2) is 6.07 Å². The number of carbonyl (C=O) groups is 2. The predicted octanol–water partition coefficient (Wildman–Crippen LogP) is 1.78. The molecule has 0 heterocycles. The van der Waals surface area contributed by atoms with Crippen LogP contribution in [0.1, 0.15) is 0 Å². The van der Waals surface area contributed by atoms with E-state index in [9.17, 15) is 4.79 Å². The molecule has 0 fully saturated rings. The number of hydrogen-bond acceptors (Lipinski definition) is 3. The lowest BCUT2D eigenvalue weighted by Crippen LogP contribution is -1.87. The van der Waals surface area contributed by atoms with Gasteiger partial charge in [0.25, 0.3) is 0 Å². The van der Waals surface area contributed by atoms with E-state index in [1.165, 1.54) is 0 Å². The van der Waals surface area contributed by atoms with Crippen molar-refractivity contribution in [1.82, 2.24) is 0 Å². The first-order valence-electron chi connectivity index (χ1n) is 1.80. The van der Waals surface area contributed by atoms with Crippen molar-refractivity contribution in [2.24, 2.45) is 0 Å². The molecule has 0 aliphatic rings. The van der Waals surface area contributed by atoms with Crippen LogP contribution in [-0.4, -0.2) is 27.9 Å². The molecule has 10 heavy (non-hydrogen) atoms. The summed E-state index contributed by atoms with van der Waals surface area (Å²) in [4.78, 5) is 18.1. The molecular formula is C3H4Cl2O5. The van der Waals surface area contributed by atoms with Gasteiger partial charge in [-0.25, -0.2) is 9.59 Å². The van der Waals surface area contributed by atoms with Crippen molar-refractivity contribution in [2.45, 2.75) is 0 Å². The second-order valence-electron chi connectivity index (χ2n) is 0.774. The topological polar surface area (TPSA) is 83.8 Å². The summed E-state index contributed by atoms with van der Waals surface area (Å²) in [6.07, 6.45) is -1.83. The summed E-state index contributed by atoms with van der Waals surface area (Å²) >= 11 is 9.50. The quantitative estimate of drug-likeness (QED) is 0.487. The Morgan fingerprint density at radius 2 is 1.70 bits per heavy atom. The Bertz CT molecular complexity index is 109. The first kappa shape index (κ1) is 12.0. The average Bonchev–Trinajstić information content (AvgIpc) is 1.62. The van der Waals surface area contributed by atoms with Crippen molar-refractivity contribution in [1.29, 1.82) is 0 Å². The van der Waals surface area contributed by atoms with Gasteiger partial charge in [-0.05, 0) is 0 Å². The minimum absolute atomic E-state index is 0.178. The van der Waals surface area contributed by atoms with Crippen molar-refractivity contribution >= 4 is 34.8 Å². The van der Waals surface area contributed by atoms with E-state index < -0.39 is 11.6 Å². The van der Waals surface area contributed by atoms with Gasteiger partial charge >= 0.3 is 11.6 Å². The van der Waals surface area contributed by atoms with Gasteiger partial charge in [-0.2, -0.15) is 0 Å². The van der Waals surface area contributed by atoms with Crippen LogP contribution in [0.15, 0.2) is 0 Å². The van der Waals surface area contributed by atoms with Gasteiger partial charge in [0, 0.05) is 11.6 Å². The van der Waals surface area contributed by atoms with Gasteiger partial charge in [-0.1, -0.05) is 11.6 Å². The lowest BCUT2D eigenvalue weighted by atomic mass is 11.5. The number of carbonyl (C=O) groups excluding carboxylic acids is 1. The van der Waals surface area contributed by atoms with E-state index in [1.54, 1.807) is 0 Å². The van der Waals surface area contributed by atoms with E-state index in [-0.39, 0.29) is 6.07 Å². The zero-order valence-electron chi connectivity index (χ0n) is 4.58. The van der Waals surface area contributed by atoms with E-state index in [1.807, 2.05) is 0 Å². The summed E-state index contributed by atoms with van der Waals surface area (Å²) in [6, 6.07) is -0.178. The smallest absolute Gasteiger partial charge is 0.450 e. The summed E-state index contributed by atoms with van der Waals surface area (Å²) in [5, 5.41) is 13.9. The van der Waals surface area contributed by atoms with E-state index >= 15 is 0 Å². The molecule has 60 valence electrons.